The average molecular weight is 281 g/mol. The first-order valence-electron chi connectivity index (χ1n) is 7.25. The second kappa shape index (κ2) is 5.98. The maximum Gasteiger partial charge on any atom is 0.308 e. The molecule has 20 heavy (non-hydrogen) atoms. The summed E-state index contributed by atoms with van der Waals surface area (Å²) < 4.78 is 0. The first-order chi connectivity index (χ1) is 9.04. The lowest BCUT2D eigenvalue weighted by atomic mass is 9.77. The molecule has 0 aromatic rings. The Morgan fingerprint density at radius 2 is 1.85 bits per heavy atom. The van der Waals surface area contributed by atoms with Crippen LogP contribution in [-0.4, -0.2) is 35.0 Å². The number of hydrogen-bond donors (Lipinski definition) is 1. The molecule has 1 aliphatic rings. The number of rotatable bonds is 3. The van der Waals surface area contributed by atoms with Gasteiger partial charge in [-0.1, -0.05) is 41.2 Å². The minimum Gasteiger partial charge on any atom is -0.481 e. The number of nitrogens with zero attached hydrogens (tertiary/aromatic N) is 1. The molecule has 1 heterocycles. The van der Waals surface area contributed by atoms with Gasteiger partial charge in [-0.05, 0) is 23.7 Å². The number of carbonyl (C=O) groups is 2. The van der Waals surface area contributed by atoms with Crippen molar-refractivity contribution in [3.05, 3.63) is 12.2 Å². The minimum atomic E-state index is -0.816. The molecule has 0 aromatic carbocycles. The molecular weight excluding hydrogens is 254 g/mol. The smallest absolute Gasteiger partial charge is 0.308 e. The highest BCUT2D eigenvalue weighted by Crippen LogP contribution is 2.32. The standard InChI is InChI=1S/C16H27NO3/c1-10-7-13(15(19)20)9-17(8-10)14(18)11(2)12(3)16(4,5)6/h10,12-13H,2,7-9H2,1,3-6H3,(H,19,20). The van der Waals surface area contributed by atoms with Gasteiger partial charge in [-0.2, -0.15) is 0 Å². The molecule has 0 spiro atoms. The number of likely N-dealkylation sites (tertiary alicyclic amines) is 1. The second-order valence-electron chi connectivity index (χ2n) is 7.20. The van der Waals surface area contributed by atoms with Crippen LogP contribution in [0, 0.1) is 23.2 Å². The van der Waals surface area contributed by atoms with Crippen molar-refractivity contribution in [1.29, 1.82) is 0 Å². The van der Waals surface area contributed by atoms with Crippen LogP contribution in [0.25, 0.3) is 0 Å². The average Bonchev–Trinajstić information content (AvgIpc) is 2.34. The van der Waals surface area contributed by atoms with E-state index >= 15 is 0 Å². The Morgan fingerprint density at radius 1 is 1.30 bits per heavy atom. The summed E-state index contributed by atoms with van der Waals surface area (Å²) in [7, 11) is 0. The van der Waals surface area contributed by atoms with Crippen molar-refractivity contribution in [2.45, 2.75) is 41.0 Å². The van der Waals surface area contributed by atoms with E-state index in [9.17, 15) is 14.7 Å². The van der Waals surface area contributed by atoms with Crippen LogP contribution in [0.5, 0.6) is 0 Å². The molecule has 0 aliphatic carbocycles. The molecule has 0 aromatic heterocycles. The summed E-state index contributed by atoms with van der Waals surface area (Å²) in [4.78, 5) is 25.4. The van der Waals surface area contributed by atoms with Gasteiger partial charge in [0.05, 0.1) is 5.92 Å². The van der Waals surface area contributed by atoms with E-state index in [4.69, 9.17) is 0 Å². The van der Waals surface area contributed by atoms with Gasteiger partial charge in [-0.15, -0.1) is 0 Å². The third kappa shape index (κ3) is 3.84. The first kappa shape index (κ1) is 16.7. The maximum absolute atomic E-state index is 12.5. The van der Waals surface area contributed by atoms with Crippen molar-refractivity contribution in [3.63, 3.8) is 0 Å². The van der Waals surface area contributed by atoms with Gasteiger partial charge in [-0.3, -0.25) is 9.59 Å². The van der Waals surface area contributed by atoms with Gasteiger partial charge < -0.3 is 10.0 Å². The monoisotopic (exact) mass is 281 g/mol. The molecule has 114 valence electrons. The molecule has 0 bridgehead atoms. The Morgan fingerprint density at radius 3 is 2.30 bits per heavy atom. The van der Waals surface area contributed by atoms with E-state index in [1.165, 1.54) is 0 Å². The third-order valence-corrected chi connectivity index (χ3v) is 4.39. The molecule has 4 nitrogen and oxygen atoms in total. The number of carboxylic acids is 1. The van der Waals surface area contributed by atoms with Gasteiger partial charge in [0, 0.05) is 18.7 Å². The van der Waals surface area contributed by atoms with Crippen LogP contribution >= 0.6 is 0 Å². The van der Waals surface area contributed by atoms with Crippen LogP contribution in [0.15, 0.2) is 12.2 Å². The summed E-state index contributed by atoms with van der Waals surface area (Å²) in [5.74, 6) is -1.09. The molecule has 1 N–H and O–H groups in total. The molecule has 3 unspecified atom stereocenters. The van der Waals surface area contributed by atoms with E-state index in [1.807, 2.05) is 13.8 Å². The highest BCUT2D eigenvalue weighted by Gasteiger charge is 2.35. The van der Waals surface area contributed by atoms with Crippen molar-refractivity contribution in [2.24, 2.45) is 23.2 Å². The topological polar surface area (TPSA) is 57.6 Å². The molecule has 4 heteroatoms. The van der Waals surface area contributed by atoms with Gasteiger partial charge in [-0.25, -0.2) is 0 Å². The predicted octanol–water partition coefficient (Wildman–Crippen LogP) is 2.79. The molecule has 1 rings (SSSR count). The van der Waals surface area contributed by atoms with Gasteiger partial charge >= 0.3 is 5.97 Å². The number of carboxylic acid groups (broad SMARTS) is 1. The minimum absolute atomic E-state index is 0.0274. The fraction of sp³-hybridized carbons (Fsp3) is 0.750. The summed E-state index contributed by atoms with van der Waals surface area (Å²) >= 11 is 0. The van der Waals surface area contributed by atoms with Crippen molar-refractivity contribution < 1.29 is 14.7 Å². The van der Waals surface area contributed by atoms with Crippen LogP contribution in [0.1, 0.15) is 41.0 Å². The summed E-state index contributed by atoms with van der Waals surface area (Å²) in [6, 6.07) is 0. The Kier molecular flexibility index (Phi) is 5.00. The van der Waals surface area contributed by atoms with Crippen molar-refractivity contribution in [1.82, 2.24) is 4.90 Å². The van der Waals surface area contributed by atoms with Gasteiger partial charge in [0.1, 0.15) is 0 Å². The highest BCUT2D eigenvalue weighted by molar-refractivity contribution is 5.93. The fourth-order valence-electron chi connectivity index (χ4n) is 2.61. The fourth-order valence-corrected chi connectivity index (χ4v) is 2.61. The van der Waals surface area contributed by atoms with Crippen LogP contribution in [0.2, 0.25) is 0 Å². The van der Waals surface area contributed by atoms with E-state index < -0.39 is 11.9 Å². The summed E-state index contributed by atoms with van der Waals surface area (Å²) in [6.07, 6.45) is 0.639. The van der Waals surface area contributed by atoms with Gasteiger partial charge in [0.25, 0.3) is 0 Å². The number of carbonyl (C=O) groups excluding carboxylic acids is 1. The zero-order chi connectivity index (χ0) is 15.7. The van der Waals surface area contributed by atoms with E-state index in [-0.39, 0.29) is 23.2 Å². The Bertz CT molecular complexity index is 408. The molecule has 0 saturated carbocycles. The number of aliphatic carboxylic acids is 1. The lowest BCUT2D eigenvalue weighted by molar-refractivity contribution is -0.146. The normalized spacial score (nSPS) is 25.1. The number of amides is 1. The Labute approximate surface area is 121 Å². The third-order valence-electron chi connectivity index (χ3n) is 4.39. The molecule has 1 saturated heterocycles. The van der Waals surface area contributed by atoms with Crippen LogP contribution in [0.3, 0.4) is 0 Å². The van der Waals surface area contributed by atoms with E-state index in [2.05, 4.69) is 27.4 Å². The Hall–Kier alpha value is -1.32. The lowest BCUT2D eigenvalue weighted by Gasteiger charge is -2.37. The zero-order valence-electron chi connectivity index (χ0n) is 13.3. The summed E-state index contributed by atoms with van der Waals surface area (Å²) in [6.45, 7) is 15.1. The van der Waals surface area contributed by atoms with Crippen molar-refractivity contribution >= 4 is 11.9 Å². The first-order valence-corrected chi connectivity index (χ1v) is 7.25. The highest BCUT2D eigenvalue weighted by atomic mass is 16.4. The van der Waals surface area contributed by atoms with Gasteiger partial charge in [0.2, 0.25) is 5.91 Å². The van der Waals surface area contributed by atoms with E-state index in [1.54, 1.807) is 4.90 Å². The summed E-state index contributed by atoms with van der Waals surface area (Å²) in [5, 5.41) is 9.17. The van der Waals surface area contributed by atoms with Crippen molar-refractivity contribution in [2.75, 3.05) is 13.1 Å². The van der Waals surface area contributed by atoms with E-state index in [0.717, 1.165) is 0 Å². The largest absolute Gasteiger partial charge is 0.481 e. The molecule has 1 amide bonds. The number of piperidine rings is 1. The maximum atomic E-state index is 12.5. The van der Waals surface area contributed by atoms with Gasteiger partial charge in [0.15, 0.2) is 0 Å². The molecule has 1 fully saturated rings. The van der Waals surface area contributed by atoms with Crippen LogP contribution in [-0.2, 0) is 9.59 Å². The van der Waals surface area contributed by atoms with Crippen molar-refractivity contribution in [3.8, 4) is 0 Å². The van der Waals surface area contributed by atoms with Crippen LogP contribution in [0.4, 0.5) is 0 Å². The molecule has 1 aliphatic heterocycles. The summed E-state index contributed by atoms with van der Waals surface area (Å²) in [5.41, 5.74) is 0.552. The lowest BCUT2D eigenvalue weighted by Crippen LogP contribution is -2.47. The predicted molar refractivity (Wildman–Crippen MR) is 79.2 cm³/mol. The number of hydrogen-bond acceptors (Lipinski definition) is 2. The second-order valence-corrected chi connectivity index (χ2v) is 7.20. The molecule has 0 radical (unpaired) electrons. The SMILES string of the molecule is C=C(C(=O)N1CC(C)CC(C(=O)O)C1)C(C)C(C)(C)C. The van der Waals surface area contributed by atoms with E-state index in [0.29, 0.717) is 25.1 Å². The molecule has 3 atom stereocenters. The molecular formula is C16H27NO3. The van der Waals surface area contributed by atoms with Crippen LogP contribution < -0.4 is 0 Å². The Balaban J connectivity index is 2.81. The quantitative estimate of drug-likeness (QED) is 0.809. The zero-order valence-corrected chi connectivity index (χ0v) is 13.3.